The summed E-state index contributed by atoms with van der Waals surface area (Å²) in [5.41, 5.74) is 0. The Bertz CT molecular complexity index is 742. The second kappa shape index (κ2) is 10.9. The van der Waals surface area contributed by atoms with Gasteiger partial charge < -0.3 is 10.2 Å². The van der Waals surface area contributed by atoms with Gasteiger partial charge in [-0.25, -0.2) is 0 Å². The molecule has 0 aromatic rings. The number of aliphatic hydroxyl groups excluding tert-OH is 2. The lowest BCUT2D eigenvalue weighted by Crippen LogP contribution is -2.65. The predicted molar refractivity (Wildman–Crippen MR) is 110 cm³/mol. The lowest BCUT2D eigenvalue weighted by Gasteiger charge is -2.47. The SMILES string of the molecule is CC(C1CN(CCO)CCN1C(CN1CCN(CCO)CC1)S(=O)(=O)O)S(=O)(=O)O. The topological polar surface area (TPSA) is 162 Å². The van der Waals surface area contributed by atoms with Gasteiger partial charge in [-0.05, 0) is 6.92 Å². The summed E-state index contributed by atoms with van der Waals surface area (Å²) in [6.45, 7) is 5.15. The number of aliphatic hydroxyl groups is 2. The number of hydrogen-bond acceptors (Lipinski definition) is 10. The molecule has 0 aromatic carbocycles. The van der Waals surface area contributed by atoms with E-state index in [0.717, 1.165) is 0 Å². The van der Waals surface area contributed by atoms with Crippen LogP contribution in [0.25, 0.3) is 0 Å². The zero-order valence-electron chi connectivity index (χ0n) is 17.2. The van der Waals surface area contributed by atoms with Crippen molar-refractivity contribution in [2.75, 3.05) is 78.7 Å². The van der Waals surface area contributed by atoms with Gasteiger partial charge in [0.05, 0.1) is 13.2 Å². The molecule has 0 saturated carbocycles. The number of piperazine rings is 2. The van der Waals surface area contributed by atoms with Crippen LogP contribution < -0.4 is 0 Å². The first kappa shape index (κ1) is 25.8. The smallest absolute Gasteiger partial charge is 0.282 e. The molecular formula is C16H34N4O8S2. The van der Waals surface area contributed by atoms with Crippen molar-refractivity contribution in [3.05, 3.63) is 0 Å². The maximum absolute atomic E-state index is 12.3. The molecule has 12 nitrogen and oxygen atoms in total. The van der Waals surface area contributed by atoms with Gasteiger partial charge in [0.2, 0.25) is 0 Å². The van der Waals surface area contributed by atoms with Crippen LogP contribution in [0.3, 0.4) is 0 Å². The predicted octanol–water partition coefficient (Wildman–Crippen LogP) is -2.93. The highest BCUT2D eigenvalue weighted by atomic mass is 32.2. The molecule has 0 spiro atoms. The van der Waals surface area contributed by atoms with Crippen LogP contribution in [0, 0.1) is 0 Å². The number of hydrogen-bond donors (Lipinski definition) is 4. The molecule has 0 bridgehead atoms. The minimum Gasteiger partial charge on any atom is -0.395 e. The molecule has 2 aliphatic heterocycles. The van der Waals surface area contributed by atoms with Crippen molar-refractivity contribution in [1.82, 2.24) is 19.6 Å². The normalized spacial score (nSPS) is 26.0. The maximum atomic E-state index is 12.3. The summed E-state index contributed by atoms with van der Waals surface area (Å²) in [6.07, 6.45) is 0. The third-order valence-corrected chi connectivity index (χ3v) is 8.34. The quantitative estimate of drug-likeness (QED) is 0.239. The fourth-order valence-corrected chi connectivity index (χ4v) is 5.77. The highest BCUT2D eigenvalue weighted by molar-refractivity contribution is 7.86. The Morgan fingerprint density at radius 3 is 1.80 bits per heavy atom. The van der Waals surface area contributed by atoms with Crippen LogP contribution in [0.5, 0.6) is 0 Å². The molecule has 0 radical (unpaired) electrons. The average molecular weight is 475 g/mol. The van der Waals surface area contributed by atoms with E-state index in [1.807, 2.05) is 4.90 Å². The molecule has 0 amide bonds. The molecule has 30 heavy (non-hydrogen) atoms. The van der Waals surface area contributed by atoms with Gasteiger partial charge in [0.1, 0.15) is 5.25 Å². The molecule has 178 valence electrons. The average Bonchev–Trinajstić information content (AvgIpc) is 2.66. The first-order chi connectivity index (χ1) is 14.0. The largest absolute Gasteiger partial charge is 0.395 e. The third kappa shape index (κ3) is 7.05. The molecule has 2 fully saturated rings. The number of rotatable bonds is 10. The number of nitrogens with zero attached hydrogens (tertiary/aromatic N) is 4. The van der Waals surface area contributed by atoms with Crippen LogP contribution in [0.15, 0.2) is 0 Å². The van der Waals surface area contributed by atoms with Crippen LogP contribution in [0.4, 0.5) is 0 Å². The van der Waals surface area contributed by atoms with Gasteiger partial charge in [0.15, 0.2) is 5.37 Å². The molecule has 0 aromatic heterocycles. The lowest BCUT2D eigenvalue weighted by atomic mass is 10.1. The summed E-state index contributed by atoms with van der Waals surface area (Å²) in [7, 11) is -8.99. The molecular weight excluding hydrogens is 440 g/mol. The van der Waals surface area contributed by atoms with Gasteiger partial charge >= 0.3 is 0 Å². The molecule has 4 N–H and O–H groups in total. The first-order valence-electron chi connectivity index (χ1n) is 10.0. The summed E-state index contributed by atoms with van der Waals surface area (Å²) in [6, 6.07) is -0.872. The van der Waals surface area contributed by atoms with E-state index in [2.05, 4.69) is 4.90 Å². The Morgan fingerprint density at radius 2 is 1.30 bits per heavy atom. The summed E-state index contributed by atoms with van der Waals surface area (Å²) in [5, 5.41) is 15.6. The molecule has 0 aliphatic carbocycles. The van der Waals surface area contributed by atoms with E-state index in [4.69, 9.17) is 5.11 Å². The second-order valence-corrected chi connectivity index (χ2v) is 11.2. The first-order valence-corrected chi connectivity index (χ1v) is 13.0. The Morgan fingerprint density at radius 1 is 0.800 bits per heavy atom. The summed E-state index contributed by atoms with van der Waals surface area (Å²) >= 11 is 0. The van der Waals surface area contributed by atoms with Crippen LogP contribution >= 0.6 is 0 Å². The zero-order valence-corrected chi connectivity index (χ0v) is 18.9. The third-order valence-electron chi connectivity index (χ3n) is 5.98. The molecule has 14 heteroatoms. The van der Waals surface area contributed by atoms with E-state index in [0.29, 0.717) is 45.8 Å². The fourth-order valence-electron chi connectivity index (χ4n) is 4.13. The zero-order chi connectivity index (χ0) is 22.5. The Hall–Kier alpha value is -0.420. The lowest BCUT2D eigenvalue weighted by molar-refractivity contribution is 0.0324. The van der Waals surface area contributed by atoms with Crippen molar-refractivity contribution in [1.29, 1.82) is 0 Å². The van der Waals surface area contributed by atoms with Crippen molar-refractivity contribution >= 4 is 20.2 Å². The summed E-state index contributed by atoms with van der Waals surface area (Å²) in [5.74, 6) is 0. The van der Waals surface area contributed by atoms with E-state index in [9.17, 15) is 31.0 Å². The Labute approximate surface area is 178 Å². The maximum Gasteiger partial charge on any atom is 0.282 e. The minimum absolute atomic E-state index is 0.000491. The molecule has 2 aliphatic rings. The standard InChI is InChI=1S/C16H34N4O8S2/c1-14(29(23,24)25)15-12-19(9-11-22)6-7-20(15)16(30(26,27)28)13-18-4-2-17(3-5-18)8-10-21/h14-16,21-22H,2-13H2,1H3,(H,23,24,25)(H,26,27,28). The minimum atomic E-state index is -4.54. The summed E-state index contributed by atoms with van der Waals surface area (Å²) in [4.78, 5) is 7.19. The highest BCUT2D eigenvalue weighted by Gasteiger charge is 2.44. The number of β-amino-alcohol motifs (C(OH)–C–C–N with tert-alkyl or cyclic N) is 2. The van der Waals surface area contributed by atoms with Crippen molar-refractivity contribution in [2.24, 2.45) is 0 Å². The van der Waals surface area contributed by atoms with Gasteiger partial charge in [-0.3, -0.25) is 28.7 Å². The highest BCUT2D eigenvalue weighted by Crippen LogP contribution is 2.23. The van der Waals surface area contributed by atoms with E-state index >= 15 is 0 Å². The van der Waals surface area contributed by atoms with Crippen molar-refractivity contribution in [2.45, 2.75) is 23.6 Å². The van der Waals surface area contributed by atoms with Gasteiger partial charge in [0, 0.05) is 71.5 Å². The molecule has 2 saturated heterocycles. The van der Waals surface area contributed by atoms with Crippen molar-refractivity contribution < 1.29 is 36.2 Å². The van der Waals surface area contributed by atoms with Crippen molar-refractivity contribution in [3.8, 4) is 0 Å². The summed E-state index contributed by atoms with van der Waals surface area (Å²) < 4.78 is 67.7. The van der Waals surface area contributed by atoms with Gasteiger partial charge in [0.25, 0.3) is 20.2 Å². The second-order valence-electron chi connectivity index (χ2n) is 7.88. The van der Waals surface area contributed by atoms with Gasteiger partial charge in [-0.1, -0.05) is 0 Å². The molecule has 3 unspecified atom stereocenters. The van der Waals surface area contributed by atoms with Crippen molar-refractivity contribution in [3.63, 3.8) is 0 Å². The molecule has 2 rings (SSSR count). The van der Waals surface area contributed by atoms with E-state index in [1.54, 1.807) is 4.90 Å². The van der Waals surface area contributed by atoms with E-state index in [-0.39, 0.29) is 32.8 Å². The van der Waals surface area contributed by atoms with E-state index in [1.165, 1.54) is 11.8 Å². The van der Waals surface area contributed by atoms with Gasteiger partial charge in [-0.2, -0.15) is 16.8 Å². The Balaban J connectivity index is 2.21. The fraction of sp³-hybridized carbons (Fsp3) is 1.00. The van der Waals surface area contributed by atoms with E-state index < -0.39 is 36.9 Å². The van der Waals surface area contributed by atoms with Gasteiger partial charge in [-0.15, -0.1) is 0 Å². The Kier molecular flexibility index (Phi) is 9.42. The van der Waals surface area contributed by atoms with Crippen LogP contribution in [-0.2, 0) is 20.2 Å². The van der Waals surface area contributed by atoms with Crippen LogP contribution in [-0.4, -0.2) is 151 Å². The van der Waals surface area contributed by atoms with Crippen LogP contribution in [0.1, 0.15) is 6.92 Å². The molecule has 3 atom stereocenters. The monoisotopic (exact) mass is 474 g/mol. The van der Waals surface area contributed by atoms with Crippen LogP contribution in [0.2, 0.25) is 0 Å². The molecule has 2 heterocycles.